The van der Waals surface area contributed by atoms with Crippen molar-refractivity contribution < 1.29 is 24.2 Å². The summed E-state index contributed by atoms with van der Waals surface area (Å²) in [6.45, 7) is 0. The van der Waals surface area contributed by atoms with Gasteiger partial charge in [-0.05, 0) is 12.1 Å². The van der Waals surface area contributed by atoms with Gasteiger partial charge in [0, 0.05) is 0 Å². The third-order valence-electron chi connectivity index (χ3n) is 1.97. The zero-order chi connectivity index (χ0) is 12.1. The Morgan fingerprint density at radius 1 is 1.62 bits per heavy atom. The predicted octanol–water partition coefficient (Wildman–Crippen LogP) is 0.374. The number of nitriles is 1. The maximum absolute atomic E-state index is 11.0. The van der Waals surface area contributed by atoms with Crippen LogP contribution >= 0.6 is 0 Å². The molecule has 0 saturated heterocycles. The number of aliphatic hydroxyl groups is 2. The highest BCUT2D eigenvalue weighted by atomic mass is 16.5. The molecule has 2 N–H and O–H groups in total. The molecule has 0 bridgehead atoms. The Morgan fingerprint density at radius 3 is 2.88 bits per heavy atom. The predicted molar refractivity (Wildman–Crippen MR) is 51.2 cm³/mol. The van der Waals surface area contributed by atoms with Crippen molar-refractivity contribution >= 4 is 5.97 Å². The average molecular weight is 225 g/mol. The van der Waals surface area contributed by atoms with E-state index in [1.54, 1.807) is 6.07 Å². The van der Waals surface area contributed by atoms with Gasteiger partial charge in [0.15, 0.2) is 0 Å². The van der Waals surface area contributed by atoms with Gasteiger partial charge in [0.25, 0.3) is 0 Å². The summed E-state index contributed by atoms with van der Waals surface area (Å²) in [5.74, 6) is -0.725. The number of carbonyl (C=O) groups excluding carboxylic acids is 1. The normalized spacial score (nSPS) is 13.9. The molecule has 0 radical (unpaired) electrons. The van der Waals surface area contributed by atoms with Crippen molar-refractivity contribution in [1.82, 2.24) is 0 Å². The second-order valence-corrected chi connectivity index (χ2v) is 3.07. The topological polar surface area (TPSA) is 104 Å². The highest BCUT2D eigenvalue weighted by Crippen LogP contribution is 2.21. The Balaban J connectivity index is 2.78. The quantitative estimate of drug-likeness (QED) is 0.717. The molecule has 0 aliphatic rings. The lowest BCUT2D eigenvalue weighted by Gasteiger charge is -2.11. The third kappa shape index (κ3) is 2.59. The maximum atomic E-state index is 11.0. The standard InChI is InChI=1S/C10H11NO5/c1-15-10(14)8-3-2-7(16-8)9(13)6(12)4-5-11/h2-3,6,9,12-13H,4H2,1H3. The highest BCUT2D eigenvalue weighted by molar-refractivity contribution is 5.86. The second-order valence-electron chi connectivity index (χ2n) is 3.07. The molecule has 2 unspecified atom stereocenters. The molecule has 1 heterocycles. The van der Waals surface area contributed by atoms with Crippen LogP contribution in [0.5, 0.6) is 0 Å². The molecule has 1 aromatic heterocycles. The van der Waals surface area contributed by atoms with Crippen molar-refractivity contribution in [3.8, 4) is 6.07 Å². The minimum Gasteiger partial charge on any atom is -0.463 e. The summed E-state index contributed by atoms with van der Waals surface area (Å²) >= 11 is 0. The summed E-state index contributed by atoms with van der Waals surface area (Å²) in [7, 11) is 1.20. The van der Waals surface area contributed by atoms with E-state index in [-0.39, 0.29) is 17.9 Å². The summed E-state index contributed by atoms with van der Waals surface area (Å²) in [5.41, 5.74) is 0. The van der Waals surface area contributed by atoms with E-state index in [0.717, 1.165) is 0 Å². The molecule has 2 atom stereocenters. The average Bonchev–Trinajstić information content (AvgIpc) is 2.76. The van der Waals surface area contributed by atoms with Crippen LogP contribution in [0.1, 0.15) is 28.8 Å². The monoisotopic (exact) mass is 225 g/mol. The minimum absolute atomic E-state index is 0.0168. The number of hydrogen-bond acceptors (Lipinski definition) is 6. The van der Waals surface area contributed by atoms with E-state index >= 15 is 0 Å². The number of carbonyl (C=O) groups is 1. The van der Waals surface area contributed by atoms with Gasteiger partial charge in [-0.3, -0.25) is 0 Å². The molecule has 86 valence electrons. The smallest absolute Gasteiger partial charge is 0.373 e. The van der Waals surface area contributed by atoms with Crippen LogP contribution < -0.4 is 0 Å². The molecule has 0 fully saturated rings. The molecule has 0 aromatic carbocycles. The lowest BCUT2D eigenvalue weighted by molar-refractivity contribution is 0.00725. The summed E-state index contributed by atoms with van der Waals surface area (Å²) in [5, 5.41) is 27.2. The molecular weight excluding hydrogens is 214 g/mol. The SMILES string of the molecule is COC(=O)c1ccc(C(O)C(O)CC#N)o1. The molecule has 6 heteroatoms. The molecule has 0 aliphatic carbocycles. The first kappa shape index (κ1) is 12.2. The van der Waals surface area contributed by atoms with Gasteiger partial charge >= 0.3 is 5.97 Å². The van der Waals surface area contributed by atoms with Crippen molar-refractivity contribution in [2.24, 2.45) is 0 Å². The molecule has 0 aliphatic heterocycles. The molecule has 6 nitrogen and oxygen atoms in total. The van der Waals surface area contributed by atoms with Gasteiger partial charge in [-0.2, -0.15) is 5.26 Å². The van der Waals surface area contributed by atoms with Gasteiger partial charge in [0.2, 0.25) is 5.76 Å². The lowest BCUT2D eigenvalue weighted by Crippen LogP contribution is -2.16. The zero-order valence-corrected chi connectivity index (χ0v) is 8.58. The van der Waals surface area contributed by atoms with Crippen LogP contribution in [0.25, 0.3) is 0 Å². The van der Waals surface area contributed by atoms with E-state index < -0.39 is 18.2 Å². The molecule has 1 rings (SSSR count). The van der Waals surface area contributed by atoms with Crippen LogP contribution in [-0.2, 0) is 4.74 Å². The summed E-state index contributed by atoms with van der Waals surface area (Å²) in [6.07, 6.45) is -2.81. The van der Waals surface area contributed by atoms with Crippen LogP contribution in [0, 0.1) is 11.3 Å². The van der Waals surface area contributed by atoms with E-state index in [1.165, 1.54) is 19.2 Å². The van der Waals surface area contributed by atoms with E-state index in [1.807, 2.05) is 0 Å². The van der Waals surface area contributed by atoms with Gasteiger partial charge in [-0.25, -0.2) is 4.79 Å². The van der Waals surface area contributed by atoms with Crippen molar-refractivity contribution in [3.05, 3.63) is 23.7 Å². The number of hydrogen-bond donors (Lipinski definition) is 2. The zero-order valence-electron chi connectivity index (χ0n) is 8.58. The highest BCUT2D eigenvalue weighted by Gasteiger charge is 2.23. The first-order valence-corrected chi connectivity index (χ1v) is 4.51. The van der Waals surface area contributed by atoms with Gasteiger partial charge in [-0.1, -0.05) is 0 Å². The first-order chi connectivity index (χ1) is 7.60. The number of furan rings is 1. The van der Waals surface area contributed by atoms with E-state index in [9.17, 15) is 15.0 Å². The molecule has 0 saturated carbocycles. The van der Waals surface area contributed by atoms with Crippen LogP contribution in [0.4, 0.5) is 0 Å². The number of nitrogens with zero attached hydrogens (tertiary/aromatic N) is 1. The van der Waals surface area contributed by atoms with E-state index in [4.69, 9.17) is 9.68 Å². The van der Waals surface area contributed by atoms with Crippen molar-refractivity contribution in [3.63, 3.8) is 0 Å². The summed E-state index contributed by atoms with van der Waals surface area (Å²) in [4.78, 5) is 11.0. The van der Waals surface area contributed by atoms with E-state index in [2.05, 4.69) is 4.74 Å². The Morgan fingerprint density at radius 2 is 2.31 bits per heavy atom. The first-order valence-electron chi connectivity index (χ1n) is 4.51. The van der Waals surface area contributed by atoms with Crippen LogP contribution in [0.15, 0.2) is 16.5 Å². The number of methoxy groups -OCH3 is 1. The molecule has 0 amide bonds. The van der Waals surface area contributed by atoms with Gasteiger partial charge in [-0.15, -0.1) is 0 Å². The van der Waals surface area contributed by atoms with Gasteiger partial charge in [0.1, 0.15) is 18.0 Å². The Bertz CT molecular complexity index is 406. The fourth-order valence-electron chi connectivity index (χ4n) is 1.12. The van der Waals surface area contributed by atoms with Crippen molar-refractivity contribution in [2.45, 2.75) is 18.6 Å². The molecule has 16 heavy (non-hydrogen) atoms. The summed E-state index contributed by atoms with van der Waals surface area (Å²) in [6, 6.07) is 4.38. The fourth-order valence-corrected chi connectivity index (χ4v) is 1.12. The van der Waals surface area contributed by atoms with Crippen LogP contribution in [0.3, 0.4) is 0 Å². The van der Waals surface area contributed by atoms with Gasteiger partial charge < -0.3 is 19.4 Å². The molecular formula is C10H11NO5. The number of rotatable bonds is 4. The minimum atomic E-state index is -1.34. The van der Waals surface area contributed by atoms with Crippen LogP contribution in [0.2, 0.25) is 0 Å². The second kappa shape index (κ2) is 5.30. The summed E-state index contributed by atoms with van der Waals surface area (Å²) < 4.78 is 9.38. The van der Waals surface area contributed by atoms with Crippen LogP contribution in [-0.4, -0.2) is 29.4 Å². The Hall–Kier alpha value is -1.84. The Kier molecular flexibility index (Phi) is 4.05. The lowest BCUT2D eigenvalue weighted by atomic mass is 10.1. The third-order valence-corrected chi connectivity index (χ3v) is 1.97. The number of esters is 1. The number of ether oxygens (including phenoxy) is 1. The van der Waals surface area contributed by atoms with Crippen molar-refractivity contribution in [2.75, 3.05) is 7.11 Å². The largest absolute Gasteiger partial charge is 0.463 e. The fraction of sp³-hybridized carbons (Fsp3) is 0.400. The molecule has 0 spiro atoms. The van der Waals surface area contributed by atoms with Gasteiger partial charge in [0.05, 0.1) is 19.6 Å². The molecule has 1 aromatic rings. The number of aliphatic hydroxyl groups excluding tert-OH is 2. The van der Waals surface area contributed by atoms with E-state index in [0.29, 0.717) is 0 Å². The van der Waals surface area contributed by atoms with Crippen molar-refractivity contribution in [1.29, 1.82) is 5.26 Å². The Labute approximate surface area is 91.7 Å². The maximum Gasteiger partial charge on any atom is 0.373 e.